The number of hydrogen-bond donors (Lipinski definition) is 3. The van der Waals surface area contributed by atoms with Crippen LogP contribution in [0.4, 0.5) is 10.5 Å². The van der Waals surface area contributed by atoms with Gasteiger partial charge in [-0.25, -0.2) is 9.59 Å². The van der Waals surface area contributed by atoms with Gasteiger partial charge in [0.15, 0.2) is 0 Å². The van der Waals surface area contributed by atoms with Crippen LogP contribution in [-0.4, -0.2) is 25.0 Å². The van der Waals surface area contributed by atoms with Gasteiger partial charge in [-0.2, -0.15) is 0 Å². The summed E-state index contributed by atoms with van der Waals surface area (Å²) in [5.74, 6) is -0.796. The molecule has 0 bridgehead atoms. The van der Waals surface area contributed by atoms with Gasteiger partial charge in [-0.05, 0) is 48.9 Å². The molecule has 8 heteroatoms. The summed E-state index contributed by atoms with van der Waals surface area (Å²) in [5, 5.41) is 8.23. The van der Waals surface area contributed by atoms with Crippen molar-refractivity contribution in [3.63, 3.8) is 0 Å². The van der Waals surface area contributed by atoms with Crippen LogP contribution in [0.1, 0.15) is 28.9 Å². The minimum absolute atomic E-state index is 0.339. The molecule has 0 aliphatic carbocycles. The number of carbonyl (C=O) groups is 3. The van der Waals surface area contributed by atoms with Crippen LogP contribution < -0.4 is 16.0 Å². The molecule has 0 unspecified atom stereocenters. The van der Waals surface area contributed by atoms with Gasteiger partial charge in [0, 0.05) is 15.9 Å². The smallest absolute Gasteiger partial charge is 0.337 e. The molecule has 0 radical (unpaired) electrons. The highest BCUT2D eigenvalue weighted by Crippen LogP contribution is 2.28. The summed E-state index contributed by atoms with van der Waals surface area (Å²) in [6.45, 7) is 1.67. The third kappa shape index (κ3) is 4.23. The number of ether oxygens (including phenoxy) is 1. The van der Waals surface area contributed by atoms with Crippen LogP contribution in [0.15, 0.2) is 64.3 Å². The van der Waals surface area contributed by atoms with E-state index in [0.29, 0.717) is 28.1 Å². The summed E-state index contributed by atoms with van der Waals surface area (Å²) in [4.78, 5) is 36.5. The summed E-state index contributed by atoms with van der Waals surface area (Å²) >= 11 is 3.35. The molecule has 1 aliphatic rings. The first-order valence-electron chi connectivity index (χ1n) is 8.42. The average molecular weight is 444 g/mol. The number of nitrogens with one attached hydrogen (secondary N) is 3. The Balaban J connectivity index is 1.90. The van der Waals surface area contributed by atoms with E-state index in [1.54, 1.807) is 43.3 Å². The molecule has 3 rings (SSSR count). The van der Waals surface area contributed by atoms with Gasteiger partial charge in [0.2, 0.25) is 0 Å². The molecule has 0 saturated heterocycles. The van der Waals surface area contributed by atoms with E-state index >= 15 is 0 Å². The predicted molar refractivity (Wildman–Crippen MR) is 108 cm³/mol. The van der Waals surface area contributed by atoms with Gasteiger partial charge in [0.25, 0.3) is 5.91 Å². The summed E-state index contributed by atoms with van der Waals surface area (Å²) in [7, 11) is 1.31. The molecule has 1 heterocycles. The minimum atomic E-state index is -0.657. The van der Waals surface area contributed by atoms with Gasteiger partial charge in [0.1, 0.15) is 0 Å². The molecule has 3 N–H and O–H groups in total. The molecular weight excluding hydrogens is 426 g/mol. The Morgan fingerprint density at radius 3 is 2.32 bits per heavy atom. The van der Waals surface area contributed by atoms with E-state index in [0.717, 1.165) is 4.47 Å². The molecule has 2 aromatic carbocycles. The number of anilines is 1. The Morgan fingerprint density at radius 1 is 1.07 bits per heavy atom. The van der Waals surface area contributed by atoms with Crippen LogP contribution in [0.3, 0.4) is 0 Å². The van der Waals surface area contributed by atoms with E-state index in [1.807, 2.05) is 12.1 Å². The van der Waals surface area contributed by atoms with Crippen LogP contribution in [0.25, 0.3) is 0 Å². The zero-order valence-corrected chi connectivity index (χ0v) is 16.8. The van der Waals surface area contributed by atoms with Crippen molar-refractivity contribution in [1.29, 1.82) is 0 Å². The number of hydrogen-bond acceptors (Lipinski definition) is 4. The number of esters is 1. The number of urea groups is 1. The molecule has 0 saturated carbocycles. The second kappa shape index (κ2) is 8.26. The summed E-state index contributed by atoms with van der Waals surface area (Å²) in [6.07, 6.45) is 0. The molecule has 0 fully saturated rings. The van der Waals surface area contributed by atoms with Crippen molar-refractivity contribution in [1.82, 2.24) is 10.6 Å². The van der Waals surface area contributed by atoms with Crippen LogP contribution in [0.5, 0.6) is 0 Å². The van der Waals surface area contributed by atoms with Crippen molar-refractivity contribution in [2.75, 3.05) is 12.4 Å². The van der Waals surface area contributed by atoms with Gasteiger partial charge < -0.3 is 20.7 Å². The molecule has 1 aliphatic heterocycles. The average Bonchev–Trinajstić information content (AvgIpc) is 2.68. The third-order valence-corrected chi connectivity index (χ3v) is 4.81. The van der Waals surface area contributed by atoms with Crippen LogP contribution in [0.2, 0.25) is 0 Å². The lowest BCUT2D eigenvalue weighted by molar-refractivity contribution is -0.113. The van der Waals surface area contributed by atoms with Gasteiger partial charge in [-0.3, -0.25) is 4.79 Å². The summed E-state index contributed by atoms with van der Waals surface area (Å²) in [5.41, 5.74) is 2.52. The Hall–Kier alpha value is -3.13. The molecule has 0 aromatic heterocycles. The lowest BCUT2D eigenvalue weighted by Crippen LogP contribution is -2.45. The molecule has 0 spiro atoms. The number of carbonyl (C=O) groups excluding carboxylic acids is 3. The zero-order valence-electron chi connectivity index (χ0n) is 15.2. The first-order valence-corrected chi connectivity index (χ1v) is 9.22. The molecule has 3 amide bonds. The van der Waals surface area contributed by atoms with Gasteiger partial charge in [0.05, 0.1) is 24.3 Å². The molecule has 28 heavy (non-hydrogen) atoms. The van der Waals surface area contributed by atoms with Gasteiger partial charge >= 0.3 is 12.0 Å². The van der Waals surface area contributed by atoms with E-state index in [4.69, 9.17) is 4.74 Å². The molecule has 1 atom stereocenters. The fraction of sp³-hybridized carbons (Fsp3) is 0.150. The zero-order chi connectivity index (χ0) is 20.3. The number of allylic oxidation sites excluding steroid dienone is 1. The van der Waals surface area contributed by atoms with Crippen molar-refractivity contribution in [3.05, 3.63) is 75.4 Å². The second-order valence-electron chi connectivity index (χ2n) is 6.14. The van der Waals surface area contributed by atoms with Crippen molar-refractivity contribution in [2.45, 2.75) is 13.0 Å². The maximum absolute atomic E-state index is 12.9. The second-order valence-corrected chi connectivity index (χ2v) is 7.06. The Kier molecular flexibility index (Phi) is 5.79. The Bertz CT molecular complexity index is 952. The first kappa shape index (κ1) is 19.6. The highest BCUT2D eigenvalue weighted by molar-refractivity contribution is 9.10. The normalized spacial score (nSPS) is 16.1. The topological polar surface area (TPSA) is 96.5 Å². The maximum Gasteiger partial charge on any atom is 0.337 e. The maximum atomic E-state index is 12.9. The van der Waals surface area contributed by atoms with Crippen molar-refractivity contribution >= 4 is 39.5 Å². The highest BCUT2D eigenvalue weighted by Gasteiger charge is 2.31. The van der Waals surface area contributed by atoms with Gasteiger partial charge in [-0.15, -0.1) is 0 Å². The van der Waals surface area contributed by atoms with Crippen LogP contribution in [0, 0.1) is 0 Å². The van der Waals surface area contributed by atoms with Crippen molar-refractivity contribution in [2.24, 2.45) is 0 Å². The SMILES string of the molecule is COC(=O)c1ccc([C@H]2NC(=O)NC(C)=C2C(=O)Nc2ccc(Br)cc2)cc1. The van der Waals surface area contributed by atoms with E-state index < -0.39 is 18.0 Å². The Morgan fingerprint density at radius 2 is 1.71 bits per heavy atom. The lowest BCUT2D eigenvalue weighted by atomic mass is 9.94. The largest absolute Gasteiger partial charge is 0.465 e. The Labute approximate surface area is 170 Å². The molecule has 7 nitrogen and oxygen atoms in total. The molecule has 2 aromatic rings. The first-order chi connectivity index (χ1) is 13.4. The molecular formula is C20H18BrN3O4. The quantitative estimate of drug-likeness (QED) is 0.629. The fourth-order valence-electron chi connectivity index (χ4n) is 2.91. The lowest BCUT2D eigenvalue weighted by Gasteiger charge is -2.28. The van der Waals surface area contributed by atoms with Crippen molar-refractivity contribution < 1.29 is 19.1 Å². The van der Waals surface area contributed by atoms with Crippen molar-refractivity contribution in [3.8, 4) is 0 Å². The van der Waals surface area contributed by atoms with E-state index in [-0.39, 0.29) is 5.91 Å². The highest BCUT2D eigenvalue weighted by atomic mass is 79.9. The predicted octanol–water partition coefficient (Wildman–Crippen LogP) is 3.50. The standard InChI is InChI=1S/C20H18BrN3O4/c1-11-16(18(25)23-15-9-7-14(21)8-10-15)17(24-20(27)22-11)12-3-5-13(6-4-12)19(26)28-2/h3-10,17H,1-2H3,(H,23,25)(H2,22,24,27)/t17-/m1/s1. The minimum Gasteiger partial charge on any atom is -0.465 e. The molecule has 144 valence electrons. The van der Waals surface area contributed by atoms with Crippen LogP contribution >= 0.6 is 15.9 Å². The number of amides is 3. The number of methoxy groups -OCH3 is 1. The number of rotatable bonds is 4. The van der Waals surface area contributed by atoms with E-state index in [9.17, 15) is 14.4 Å². The van der Waals surface area contributed by atoms with E-state index in [1.165, 1.54) is 7.11 Å². The third-order valence-electron chi connectivity index (χ3n) is 4.28. The van der Waals surface area contributed by atoms with E-state index in [2.05, 4.69) is 31.9 Å². The summed E-state index contributed by atoms with van der Waals surface area (Å²) < 4.78 is 5.59. The summed E-state index contributed by atoms with van der Waals surface area (Å²) in [6, 6.07) is 12.7. The van der Waals surface area contributed by atoms with Gasteiger partial charge in [-0.1, -0.05) is 28.1 Å². The number of halogens is 1. The van der Waals surface area contributed by atoms with Crippen LogP contribution in [-0.2, 0) is 9.53 Å². The monoisotopic (exact) mass is 443 g/mol. The fourth-order valence-corrected chi connectivity index (χ4v) is 3.17. The number of benzene rings is 2.